The summed E-state index contributed by atoms with van der Waals surface area (Å²) in [6.07, 6.45) is 2.06. The molecule has 3 rings (SSSR count). The zero-order chi connectivity index (χ0) is 14.8. The third-order valence-electron chi connectivity index (χ3n) is 3.77. The van der Waals surface area contributed by atoms with Crippen molar-refractivity contribution in [3.05, 3.63) is 53.1 Å². The Morgan fingerprint density at radius 3 is 2.43 bits per heavy atom. The summed E-state index contributed by atoms with van der Waals surface area (Å²) in [5.41, 5.74) is 6.29. The molecule has 2 aromatic carbocycles. The van der Waals surface area contributed by atoms with Gasteiger partial charge in [0.15, 0.2) is 5.13 Å². The van der Waals surface area contributed by atoms with Crippen molar-refractivity contribution < 1.29 is 0 Å². The van der Waals surface area contributed by atoms with Gasteiger partial charge in [-0.05, 0) is 48.6 Å². The lowest BCUT2D eigenvalue weighted by Gasteiger charge is -2.13. The van der Waals surface area contributed by atoms with E-state index in [-0.39, 0.29) is 0 Å². The van der Waals surface area contributed by atoms with Gasteiger partial charge in [0.1, 0.15) is 0 Å². The Kier molecular flexibility index (Phi) is 3.93. The Labute approximate surface area is 129 Å². The lowest BCUT2D eigenvalue weighted by molar-refractivity contribution is 1.09. The van der Waals surface area contributed by atoms with Gasteiger partial charge in [0.2, 0.25) is 0 Å². The quantitative estimate of drug-likeness (QED) is 0.690. The summed E-state index contributed by atoms with van der Waals surface area (Å²) in [6.45, 7) is 6.51. The van der Waals surface area contributed by atoms with E-state index in [1.165, 1.54) is 27.1 Å². The number of benzene rings is 2. The van der Waals surface area contributed by atoms with Crippen LogP contribution in [0.4, 0.5) is 10.8 Å². The number of aryl methyl sites for hydroxylation is 3. The van der Waals surface area contributed by atoms with E-state index in [1.807, 2.05) is 0 Å². The molecule has 3 aromatic rings. The minimum absolute atomic E-state index is 0.978. The van der Waals surface area contributed by atoms with Gasteiger partial charge in [-0.3, -0.25) is 0 Å². The molecule has 2 nitrogen and oxygen atoms in total. The number of thiazole rings is 1. The van der Waals surface area contributed by atoms with Gasteiger partial charge >= 0.3 is 0 Å². The van der Waals surface area contributed by atoms with Gasteiger partial charge in [0.05, 0.1) is 10.2 Å². The second-order valence-corrected chi connectivity index (χ2v) is 6.30. The fraction of sp³-hybridized carbons (Fsp3) is 0.278. The minimum atomic E-state index is 0.978. The van der Waals surface area contributed by atoms with Crippen molar-refractivity contribution >= 4 is 32.4 Å². The van der Waals surface area contributed by atoms with Crippen molar-refractivity contribution in [2.24, 2.45) is 0 Å². The average Bonchev–Trinajstić information content (AvgIpc) is 2.88. The number of rotatable bonds is 4. The first kappa shape index (κ1) is 14.1. The summed E-state index contributed by atoms with van der Waals surface area (Å²) in [5, 5.41) is 4.54. The summed E-state index contributed by atoms with van der Waals surface area (Å²) >= 11 is 1.72. The van der Waals surface area contributed by atoms with Gasteiger partial charge in [-0.15, -0.1) is 0 Å². The Morgan fingerprint density at radius 2 is 1.76 bits per heavy atom. The number of aromatic nitrogens is 1. The lowest BCUT2D eigenvalue weighted by atomic mass is 10.0. The zero-order valence-corrected chi connectivity index (χ0v) is 13.6. The predicted molar refractivity (Wildman–Crippen MR) is 92.8 cm³/mol. The SMILES string of the molecule is CCc1cccc(CC)c1Nc1nc2ccc(C)cc2s1. The summed E-state index contributed by atoms with van der Waals surface area (Å²) in [7, 11) is 0. The van der Waals surface area contributed by atoms with Crippen molar-refractivity contribution in [3.8, 4) is 0 Å². The number of hydrogen-bond acceptors (Lipinski definition) is 3. The maximum atomic E-state index is 4.71. The Morgan fingerprint density at radius 1 is 1.05 bits per heavy atom. The van der Waals surface area contributed by atoms with Crippen molar-refractivity contribution in [3.63, 3.8) is 0 Å². The second kappa shape index (κ2) is 5.86. The highest BCUT2D eigenvalue weighted by atomic mass is 32.1. The van der Waals surface area contributed by atoms with E-state index in [4.69, 9.17) is 4.98 Å². The molecule has 108 valence electrons. The number of hydrogen-bond donors (Lipinski definition) is 1. The third kappa shape index (κ3) is 2.79. The topological polar surface area (TPSA) is 24.9 Å². The summed E-state index contributed by atoms with van der Waals surface area (Å²) in [4.78, 5) is 4.71. The molecule has 0 unspecified atom stereocenters. The first-order valence-electron chi connectivity index (χ1n) is 7.46. The molecule has 0 atom stereocenters. The Balaban J connectivity index is 2.02. The molecule has 0 aliphatic heterocycles. The maximum absolute atomic E-state index is 4.71. The van der Waals surface area contributed by atoms with Gasteiger partial charge in [-0.1, -0.05) is 49.4 Å². The molecule has 0 aliphatic rings. The first-order valence-corrected chi connectivity index (χ1v) is 8.28. The van der Waals surface area contributed by atoms with Crippen LogP contribution in [0.5, 0.6) is 0 Å². The molecule has 0 fully saturated rings. The number of fused-ring (bicyclic) bond motifs is 1. The van der Waals surface area contributed by atoms with E-state index in [2.05, 4.69) is 62.5 Å². The van der Waals surface area contributed by atoms with Gasteiger partial charge in [0, 0.05) is 5.69 Å². The van der Waals surface area contributed by atoms with Crippen LogP contribution >= 0.6 is 11.3 Å². The summed E-state index contributed by atoms with van der Waals surface area (Å²) in [6, 6.07) is 12.9. The highest BCUT2D eigenvalue weighted by Crippen LogP contribution is 2.32. The standard InChI is InChI=1S/C18H20N2S/c1-4-13-7-6-8-14(5-2)17(13)20-18-19-15-10-9-12(3)11-16(15)21-18/h6-11H,4-5H2,1-3H3,(H,19,20). The molecule has 21 heavy (non-hydrogen) atoms. The number of para-hydroxylation sites is 1. The van der Waals surface area contributed by atoms with Gasteiger partial charge in [-0.25, -0.2) is 4.98 Å². The molecule has 0 bridgehead atoms. The van der Waals surface area contributed by atoms with Crippen LogP contribution in [0.2, 0.25) is 0 Å². The summed E-state index contributed by atoms with van der Waals surface area (Å²) < 4.78 is 1.24. The lowest BCUT2D eigenvalue weighted by Crippen LogP contribution is -1.99. The van der Waals surface area contributed by atoms with E-state index in [1.54, 1.807) is 11.3 Å². The summed E-state index contributed by atoms with van der Waals surface area (Å²) in [5.74, 6) is 0. The molecule has 3 heteroatoms. The highest BCUT2D eigenvalue weighted by molar-refractivity contribution is 7.22. The van der Waals surface area contributed by atoms with E-state index in [9.17, 15) is 0 Å². The van der Waals surface area contributed by atoms with Crippen LogP contribution in [-0.2, 0) is 12.8 Å². The van der Waals surface area contributed by atoms with Gasteiger partial charge in [-0.2, -0.15) is 0 Å². The van der Waals surface area contributed by atoms with Crippen LogP contribution in [0.3, 0.4) is 0 Å². The maximum Gasteiger partial charge on any atom is 0.188 e. The van der Waals surface area contributed by atoms with Crippen LogP contribution in [0, 0.1) is 6.92 Å². The first-order chi connectivity index (χ1) is 10.2. The molecule has 1 aromatic heterocycles. The fourth-order valence-corrected chi connectivity index (χ4v) is 3.56. The monoisotopic (exact) mass is 296 g/mol. The van der Waals surface area contributed by atoms with Crippen LogP contribution in [0.25, 0.3) is 10.2 Å². The van der Waals surface area contributed by atoms with Crippen molar-refractivity contribution in [1.29, 1.82) is 0 Å². The van der Waals surface area contributed by atoms with Crippen LogP contribution in [-0.4, -0.2) is 4.98 Å². The molecule has 0 radical (unpaired) electrons. The Bertz CT molecular complexity index is 752. The number of nitrogens with zero attached hydrogens (tertiary/aromatic N) is 1. The average molecular weight is 296 g/mol. The molecule has 0 saturated carbocycles. The van der Waals surface area contributed by atoms with Crippen molar-refractivity contribution in [2.45, 2.75) is 33.6 Å². The molecule has 0 spiro atoms. The number of anilines is 2. The van der Waals surface area contributed by atoms with Gasteiger partial charge in [0.25, 0.3) is 0 Å². The van der Waals surface area contributed by atoms with Crippen LogP contribution < -0.4 is 5.32 Å². The minimum Gasteiger partial charge on any atom is -0.331 e. The molecular formula is C18H20N2S. The Hall–Kier alpha value is -1.87. The molecular weight excluding hydrogens is 276 g/mol. The zero-order valence-electron chi connectivity index (χ0n) is 12.7. The van der Waals surface area contributed by atoms with Crippen LogP contribution in [0.1, 0.15) is 30.5 Å². The van der Waals surface area contributed by atoms with E-state index >= 15 is 0 Å². The third-order valence-corrected chi connectivity index (χ3v) is 4.71. The predicted octanol–water partition coefficient (Wildman–Crippen LogP) is 5.47. The molecule has 0 saturated heterocycles. The molecule has 0 aliphatic carbocycles. The van der Waals surface area contributed by atoms with E-state index < -0.39 is 0 Å². The molecule has 0 amide bonds. The highest BCUT2D eigenvalue weighted by Gasteiger charge is 2.09. The van der Waals surface area contributed by atoms with Crippen LogP contribution in [0.15, 0.2) is 36.4 Å². The number of nitrogens with one attached hydrogen (secondary N) is 1. The largest absolute Gasteiger partial charge is 0.331 e. The van der Waals surface area contributed by atoms with Crippen molar-refractivity contribution in [1.82, 2.24) is 4.98 Å². The smallest absolute Gasteiger partial charge is 0.188 e. The van der Waals surface area contributed by atoms with E-state index in [0.717, 1.165) is 23.5 Å². The normalized spacial score (nSPS) is 11.0. The fourth-order valence-electron chi connectivity index (χ4n) is 2.60. The molecule has 1 heterocycles. The van der Waals surface area contributed by atoms with Crippen molar-refractivity contribution in [2.75, 3.05) is 5.32 Å². The van der Waals surface area contributed by atoms with Gasteiger partial charge < -0.3 is 5.32 Å². The van der Waals surface area contributed by atoms with E-state index in [0.29, 0.717) is 0 Å². The second-order valence-electron chi connectivity index (χ2n) is 5.27. The molecule has 1 N–H and O–H groups in total.